The van der Waals surface area contributed by atoms with Gasteiger partial charge in [0.25, 0.3) is 0 Å². The first-order valence-electron chi connectivity index (χ1n) is 15.7. The van der Waals surface area contributed by atoms with Gasteiger partial charge in [-0.1, -0.05) is 66.7 Å². The van der Waals surface area contributed by atoms with Gasteiger partial charge in [0.1, 0.15) is 12.1 Å². The van der Waals surface area contributed by atoms with Crippen LogP contribution in [0.5, 0.6) is 0 Å². The van der Waals surface area contributed by atoms with E-state index in [1.165, 1.54) is 35.9 Å². The molecule has 3 atom stereocenters. The van der Waals surface area contributed by atoms with Crippen LogP contribution in [0.4, 0.5) is 8.78 Å². The molecule has 0 fully saturated rings. The Morgan fingerprint density at radius 1 is 0.851 bits per heavy atom. The second-order valence-corrected chi connectivity index (χ2v) is 12.5. The van der Waals surface area contributed by atoms with Crippen LogP contribution in [-0.2, 0) is 27.2 Å². The van der Waals surface area contributed by atoms with Gasteiger partial charge in [0.2, 0.25) is 17.7 Å². The van der Waals surface area contributed by atoms with Crippen molar-refractivity contribution >= 4 is 17.7 Å². The van der Waals surface area contributed by atoms with Crippen LogP contribution in [0.25, 0.3) is 11.1 Å². The molecule has 0 aliphatic carbocycles. The number of carbonyl (C=O) groups is 3. The Hall–Kier alpha value is -4.41. The van der Waals surface area contributed by atoms with Crippen LogP contribution in [-0.4, -0.2) is 84.0 Å². The van der Waals surface area contributed by atoms with Crippen molar-refractivity contribution in [2.24, 2.45) is 0 Å². The number of rotatable bonds is 15. The van der Waals surface area contributed by atoms with Gasteiger partial charge in [0.15, 0.2) is 11.6 Å². The lowest BCUT2D eigenvalue weighted by Gasteiger charge is -2.34. The molecule has 0 heterocycles. The third kappa shape index (κ3) is 10.8. The second-order valence-electron chi connectivity index (χ2n) is 12.5. The van der Waals surface area contributed by atoms with E-state index in [-0.39, 0.29) is 30.8 Å². The number of nitrogens with zero attached hydrogens (tertiary/aromatic N) is 2. The summed E-state index contributed by atoms with van der Waals surface area (Å²) in [7, 11) is 4.83. The number of benzene rings is 3. The lowest BCUT2D eigenvalue weighted by atomic mass is 9.98. The molecule has 0 saturated heterocycles. The van der Waals surface area contributed by atoms with E-state index in [1.807, 2.05) is 75.5 Å². The second kappa shape index (κ2) is 16.9. The molecule has 252 valence electrons. The summed E-state index contributed by atoms with van der Waals surface area (Å²) in [5, 5.41) is 15.6. The van der Waals surface area contributed by atoms with Crippen molar-refractivity contribution in [2.75, 3.05) is 27.7 Å². The van der Waals surface area contributed by atoms with Crippen molar-refractivity contribution in [1.29, 1.82) is 0 Å². The Balaban J connectivity index is 1.95. The Kier molecular flexibility index (Phi) is 13.4. The molecule has 3 aromatic rings. The fraction of sp³-hybridized carbons (Fsp3) is 0.378. The maximum Gasteiger partial charge on any atom is 0.246 e. The summed E-state index contributed by atoms with van der Waals surface area (Å²) >= 11 is 0. The summed E-state index contributed by atoms with van der Waals surface area (Å²) < 4.78 is 27.8. The van der Waals surface area contributed by atoms with Crippen molar-refractivity contribution < 1.29 is 28.3 Å². The lowest BCUT2D eigenvalue weighted by Crippen LogP contribution is -2.56. The molecule has 3 rings (SSSR count). The number of hydrogen-bond donors (Lipinski definition) is 3. The maximum absolute atomic E-state index is 14.3. The predicted molar refractivity (Wildman–Crippen MR) is 180 cm³/mol. The number of hydrogen-bond acceptors (Lipinski definition) is 5. The first-order chi connectivity index (χ1) is 22.2. The van der Waals surface area contributed by atoms with Crippen LogP contribution in [0.1, 0.15) is 38.3 Å². The standard InChI is InChI=1S/C37H46F2N4O4/c1-25(44)24-41-35(46)32(23-27-16-19-30(38)31(39)21-27)43(6)36(47)33(42(5)34(45)13-10-20-37(2,3)40-4)22-26-14-17-29(18-15-26)28-11-8-7-9-12-28/h7-19,21,25,32-33,40,44H,20,22-24H2,1-6H3,(H,41,46)/t25-,32-,33-/m1/s1. The fourth-order valence-electron chi connectivity index (χ4n) is 4.95. The molecule has 3 aromatic carbocycles. The summed E-state index contributed by atoms with van der Waals surface area (Å²) in [6.45, 7) is 5.44. The molecule has 8 nitrogen and oxygen atoms in total. The summed E-state index contributed by atoms with van der Waals surface area (Å²) in [6.07, 6.45) is 2.95. The average molecular weight is 649 g/mol. The summed E-state index contributed by atoms with van der Waals surface area (Å²) in [5.74, 6) is -3.59. The quantitative estimate of drug-likeness (QED) is 0.211. The van der Waals surface area contributed by atoms with Crippen LogP contribution in [0.2, 0.25) is 0 Å². The largest absolute Gasteiger partial charge is 0.392 e. The number of halogens is 2. The van der Waals surface area contributed by atoms with E-state index in [9.17, 15) is 28.3 Å². The molecular formula is C37H46F2N4O4. The van der Waals surface area contributed by atoms with E-state index in [2.05, 4.69) is 10.6 Å². The van der Waals surface area contributed by atoms with Gasteiger partial charge in [0, 0.05) is 39.0 Å². The van der Waals surface area contributed by atoms with Crippen molar-refractivity contribution in [1.82, 2.24) is 20.4 Å². The zero-order valence-corrected chi connectivity index (χ0v) is 28.0. The van der Waals surface area contributed by atoms with Gasteiger partial charge in [-0.2, -0.15) is 0 Å². The van der Waals surface area contributed by atoms with Gasteiger partial charge in [-0.15, -0.1) is 0 Å². The number of nitrogens with one attached hydrogen (secondary N) is 2. The molecule has 0 saturated carbocycles. The van der Waals surface area contributed by atoms with Crippen molar-refractivity contribution in [3.63, 3.8) is 0 Å². The van der Waals surface area contributed by atoms with Crippen LogP contribution in [0, 0.1) is 11.6 Å². The average Bonchev–Trinajstić information content (AvgIpc) is 3.06. The highest BCUT2D eigenvalue weighted by atomic mass is 19.2. The van der Waals surface area contributed by atoms with Crippen molar-refractivity contribution in [3.8, 4) is 11.1 Å². The van der Waals surface area contributed by atoms with Crippen LogP contribution in [0.3, 0.4) is 0 Å². The number of aliphatic hydroxyl groups excluding tert-OH is 1. The Labute approximate surface area is 276 Å². The van der Waals surface area contributed by atoms with E-state index < -0.39 is 41.6 Å². The fourth-order valence-corrected chi connectivity index (χ4v) is 4.95. The number of carbonyl (C=O) groups excluding carboxylic acids is 3. The van der Waals surface area contributed by atoms with Crippen LogP contribution in [0.15, 0.2) is 84.9 Å². The third-order valence-corrected chi connectivity index (χ3v) is 8.26. The summed E-state index contributed by atoms with van der Waals surface area (Å²) in [6, 6.07) is 18.7. The van der Waals surface area contributed by atoms with Gasteiger partial charge in [0.05, 0.1) is 6.10 Å². The van der Waals surface area contributed by atoms with Crippen LogP contribution >= 0.6 is 0 Å². The van der Waals surface area contributed by atoms with Crippen molar-refractivity contribution in [3.05, 3.63) is 108 Å². The van der Waals surface area contributed by atoms with Crippen LogP contribution < -0.4 is 10.6 Å². The highest BCUT2D eigenvalue weighted by molar-refractivity contribution is 5.95. The Morgan fingerprint density at radius 3 is 2.04 bits per heavy atom. The zero-order chi connectivity index (χ0) is 34.7. The molecule has 0 unspecified atom stereocenters. The molecule has 0 spiro atoms. The SMILES string of the molecule is CNC(C)(C)CC=CC(=O)N(C)[C@H](Cc1ccc(-c2ccccc2)cc1)C(=O)N(C)[C@H](Cc1ccc(F)c(F)c1)C(=O)NC[C@@H](C)O. The van der Waals surface area contributed by atoms with Gasteiger partial charge in [-0.05, 0) is 74.7 Å². The molecule has 3 N–H and O–H groups in total. The smallest absolute Gasteiger partial charge is 0.246 e. The zero-order valence-electron chi connectivity index (χ0n) is 28.0. The minimum absolute atomic E-state index is 0.0709. The van der Waals surface area contributed by atoms with E-state index in [0.29, 0.717) is 12.0 Å². The topological polar surface area (TPSA) is 102 Å². The van der Waals surface area contributed by atoms with Gasteiger partial charge >= 0.3 is 0 Å². The van der Waals surface area contributed by atoms with E-state index in [4.69, 9.17) is 0 Å². The third-order valence-electron chi connectivity index (χ3n) is 8.26. The van der Waals surface area contributed by atoms with E-state index in [1.54, 1.807) is 13.1 Å². The molecule has 3 amide bonds. The summed E-state index contributed by atoms with van der Waals surface area (Å²) in [5.41, 5.74) is 2.89. The molecule has 0 aromatic heterocycles. The van der Waals surface area contributed by atoms with Gasteiger partial charge < -0.3 is 25.5 Å². The Bertz CT molecular complexity index is 1530. The molecule has 0 aliphatic rings. The van der Waals surface area contributed by atoms with Gasteiger partial charge in [-0.3, -0.25) is 14.4 Å². The highest BCUT2D eigenvalue weighted by Gasteiger charge is 2.35. The molecule has 0 radical (unpaired) electrons. The van der Waals surface area contributed by atoms with Gasteiger partial charge in [-0.25, -0.2) is 8.78 Å². The molecular weight excluding hydrogens is 602 g/mol. The number of amides is 3. The Morgan fingerprint density at radius 2 is 1.45 bits per heavy atom. The maximum atomic E-state index is 14.3. The minimum Gasteiger partial charge on any atom is -0.392 e. The molecule has 0 bridgehead atoms. The predicted octanol–water partition coefficient (Wildman–Crippen LogP) is 4.51. The summed E-state index contributed by atoms with van der Waals surface area (Å²) in [4.78, 5) is 43.7. The van der Waals surface area contributed by atoms with Crippen molar-refractivity contribution in [2.45, 2.75) is 63.8 Å². The number of aliphatic hydroxyl groups is 1. The van der Waals surface area contributed by atoms with E-state index in [0.717, 1.165) is 28.8 Å². The molecule has 10 heteroatoms. The highest BCUT2D eigenvalue weighted by Crippen LogP contribution is 2.22. The normalized spacial score (nSPS) is 13.6. The lowest BCUT2D eigenvalue weighted by molar-refractivity contribution is -0.146. The first-order valence-corrected chi connectivity index (χ1v) is 15.7. The van der Waals surface area contributed by atoms with E-state index >= 15 is 0 Å². The molecule has 47 heavy (non-hydrogen) atoms. The first kappa shape index (κ1) is 37.1. The molecule has 0 aliphatic heterocycles. The number of likely N-dealkylation sites (N-methyl/N-ethyl adjacent to an activating group) is 2. The monoisotopic (exact) mass is 648 g/mol. The minimum atomic E-state index is -1.15.